The minimum absolute atomic E-state index is 0.118. The lowest BCUT2D eigenvalue weighted by Gasteiger charge is -2.43. The Kier molecular flexibility index (Phi) is 5.22. The molecule has 3 rings (SSSR count). The van der Waals surface area contributed by atoms with Crippen LogP contribution in [0.15, 0.2) is 18.2 Å². The van der Waals surface area contributed by atoms with Crippen molar-refractivity contribution in [2.75, 3.05) is 26.2 Å². The number of nitrogens with zero attached hydrogens (tertiary/aromatic N) is 3. The molecule has 1 aliphatic heterocycles. The molecule has 1 N–H and O–H groups in total. The number of aliphatic hydroxyl groups excluding tert-OH is 1. The zero-order chi connectivity index (χ0) is 18.9. The van der Waals surface area contributed by atoms with Crippen LogP contribution in [0.25, 0.3) is 0 Å². The van der Waals surface area contributed by atoms with Gasteiger partial charge in [-0.15, -0.1) is 0 Å². The number of nitriles is 1. The van der Waals surface area contributed by atoms with Gasteiger partial charge >= 0.3 is 6.09 Å². The van der Waals surface area contributed by atoms with Crippen molar-refractivity contribution in [1.82, 2.24) is 9.80 Å². The first-order valence-corrected chi connectivity index (χ1v) is 9.21. The topological polar surface area (TPSA) is 76.8 Å². The van der Waals surface area contributed by atoms with Gasteiger partial charge in [0.1, 0.15) is 5.60 Å². The first-order valence-electron chi connectivity index (χ1n) is 9.21. The van der Waals surface area contributed by atoms with E-state index in [1.54, 1.807) is 4.90 Å². The molecule has 1 fully saturated rings. The van der Waals surface area contributed by atoms with E-state index in [1.807, 2.05) is 39.0 Å². The molecule has 140 valence electrons. The number of rotatable bonds is 1. The van der Waals surface area contributed by atoms with Gasteiger partial charge in [0.05, 0.1) is 23.8 Å². The second-order valence-corrected chi connectivity index (χ2v) is 8.08. The van der Waals surface area contributed by atoms with E-state index in [1.165, 1.54) is 5.56 Å². The molecular weight excluding hydrogens is 330 g/mol. The summed E-state index contributed by atoms with van der Waals surface area (Å²) >= 11 is 0. The molecule has 0 aromatic heterocycles. The average molecular weight is 357 g/mol. The maximum Gasteiger partial charge on any atom is 0.410 e. The Morgan fingerprint density at radius 2 is 1.96 bits per heavy atom. The second kappa shape index (κ2) is 7.26. The van der Waals surface area contributed by atoms with Crippen LogP contribution in [0.1, 0.15) is 49.9 Å². The van der Waals surface area contributed by atoms with Crippen LogP contribution in [0.5, 0.6) is 0 Å². The number of carbonyl (C=O) groups is 1. The number of carbonyl (C=O) groups excluding carboxylic acids is 1. The number of hydrogen-bond donors (Lipinski definition) is 1. The molecule has 0 bridgehead atoms. The maximum absolute atomic E-state index is 12.2. The van der Waals surface area contributed by atoms with Crippen LogP contribution in [-0.4, -0.2) is 58.9 Å². The molecule has 26 heavy (non-hydrogen) atoms. The van der Waals surface area contributed by atoms with Crippen molar-refractivity contribution in [3.05, 3.63) is 34.9 Å². The van der Waals surface area contributed by atoms with E-state index < -0.39 is 11.7 Å². The minimum Gasteiger partial charge on any atom is -0.444 e. The van der Waals surface area contributed by atoms with Crippen LogP contribution in [0.2, 0.25) is 0 Å². The van der Waals surface area contributed by atoms with Gasteiger partial charge in [-0.05, 0) is 56.9 Å². The standard InChI is InChI=1S/C20H27N3O3/c1-20(2,3)26-19(25)23-10-8-22(9-11-23)18-16-12-14(13-21)4-5-15(16)6-7-17(18)24/h4-5,12,17-18,24H,6-11H2,1-3H3. The largest absolute Gasteiger partial charge is 0.444 e. The lowest BCUT2D eigenvalue weighted by Crippen LogP contribution is -2.53. The molecule has 6 nitrogen and oxygen atoms in total. The molecule has 1 aromatic rings. The van der Waals surface area contributed by atoms with Gasteiger partial charge in [0.15, 0.2) is 0 Å². The van der Waals surface area contributed by atoms with Gasteiger partial charge in [-0.25, -0.2) is 4.79 Å². The lowest BCUT2D eigenvalue weighted by atomic mass is 9.83. The SMILES string of the molecule is CC(C)(C)OC(=O)N1CCN(C2c3cc(C#N)ccc3CCC2O)CC1. The summed E-state index contributed by atoms with van der Waals surface area (Å²) in [5.41, 5.74) is 2.37. The molecule has 6 heteroatoms. The Hall–Kier alpha value is -2.10. The quantitative estimate of drug-likeness (QED) is 0.835. The monoisotopic (exact) mass is 357 g/mol. The van der Waals surface area contributed by atoms with E-state index in [0.29, 0.717) is 31.7 Å². The summed E-state index contributed by atoms with van der Waals surface area (Å²) in [6, 6.07) is 7.82. The van der Waals surface area contributed by atoms with Crippen molar-refractivity contribution >= 4 is 6.09 Å². The molecule has 1 saturated heterocycles. The maximum atomic E-state index is 12.2. The van der Waals surface area contributed by atoms with E-state index >= 15 is 0 Å². The Morgan fingerprint density at radius 3 is 2.58 bits per heavy atom. The van der Waals surface area contributed by atoms with Crippen LogP contribution < -0.4 is 0 Å². The van der Waals surface area contributed by atoms with Crippen molar-refractivity contribution in [2.24, 2.45) is 0 Å². The van der Waals surface area contributed by atoms with Crippen LogP contribution in [0.4, 0.5) is 4.79 Å². The van der Waals surface area contributed by atoms with Crippen LogP contribution in [-0.2, 0) is 11.2 Å². The predicted molar refractivity (Wildman–Crippen MR) is 97.6 cm³/mol. The Bertz CT molecular complexity index is 712. The van der Waals surface area contributed by atoms with Crippen molar-refractivity contribution in [2.45, 2.75) is 51.4 Å². The van der Waals surface area contributed by atoms with Gasteiger partial charge < -0.3 is 14.7 Å². The zero-order valence-electron chi connectivity index (χ0n) is 15.7. The Balaban J connectivity index is 1.72. The number of amides is 1. The van der Waals surface area contributed by atoms with Gasteiger partial charge in [0.25, 0.3) is 0 Å². The summed E-state index contributed by atoms with van der Waals surface area (Å²) in [6.07, 6.45) is 0.810. The third kappa shape index (κ3) is 4.00. The molecular formula is C20H27N3O3. The number of fused-ring (bicyclic) bond motifs is 1. The third-order valence-electron chi connectivity index (χ3n) is 5.03. The smallest absolute Gasteiger partial charge is 0.410 e. The Morgan fingerprint density at radius 1 is 1.27 bits per heavy atom. The van der Waals surface area contributed by atoms with Crippen LogP contribution in [0.3, 0.4) is 0 Å². The summed E-state index contributed by atoms with van der Waals surface area (Å²) in [4.78, 5) is 16.2. The van der Waals surface area contributed by atoms with Crippen molar-refractivity contribution in [3.8, 4) is 6.07 Å². The number of aryl methyl sites for hydroxylation is 1. The molecule has 1 heterocycles. The highest BCUT2D eigenvalue weighted by molar-refractivity contribution is 5.68. The van der Waals surface area contributed by atoms with Crippen LogP contribution >= 0.6 is 0 Å². The fourth-order valence-corrected chi connectivity index (χ4v) is 3.79. The fraction of sp³-hybridized carbons (Fsp3) is 0.600. The number of benzene rings is 1. The molecule has 0 saturated carbocycles. The van der Waals surface area contributed by atoms with E-state index in [9.17, 15) is 15.2 Å². The van der Waals surface area contributed by atoms with Gasteiger partial charge in [-0.2, -0.15) is 5.26 Å². The predicted octanol–water partition coefficient (Wildman–Crippen LogP) is 2.46. The minimum atomic E-state index is -0.500. The van der Waals surface area contributed by atoms with E-state index in [4.69, 9.17) is 4.74 Å². The zero-order valence-corrected chi connectivity index (χ0v) is 15.7. The third-order valence-corrected chi connectivity index (χ3v) is 5.03. The Labute approximate surface area is 155 Å². The highest BCUT2D eigenvalue weighted by Crippen LogP contribution is 2.35. The molecule has 1 aliphatic carbocycles. The van der Waals surface area contributed by atoms with E-state index in [2.05, 4.69) is 11.0 Å². The normalized spacial score (nSPS) is 23.9. The highest BCUT2D eigenvalue weighted by atomic mass is 16.6. The first-order chi connectivity index (χ1) is 12.3. The summed E-state index contributed by atoms with van der Waals surface area (Å²) in [7, 11) is 0. The van der Waals surface area contributed by atoms with Gasteiger partial charge in [0, 0.05) is 26.2 Å². The van der Waals surface area contributed by atoms with E-state index in [0.717, 1.165) is 18.4 Å². The van der Waals surface area contributed by atoms with Crippen molar-refractivity contribution in [1.29, 1.82) is 5.26 Å². The lowest BCUT2D eigenvalue weighted by molar-refractivity contribution is -0.00967. The van der Waals surface area contributed by atoms with Crippen LogP contribution in [0, 0.1) is 11.3 Å². The van der Waals surface area contributed by atoms with Gasteiger partial charge in [0.2, 0.25) is 0 Å². The molecule has 1 amide bonds. The van der Waals surface area contributed by atoms with Crippen molar-refractivity contribution in [3.63, 3.8) is 0 Å². The highest BCUT2D eigenvalue weighted by Gasteiger charge is 2.36. The summed E-state index contributed by atoms with van der Waals surface area (Å²) < 4.78 is 5.45. The first kappa shape index (κ1) is 18.7. The van der Waals surface area contributed by atoms with Crippen molar-refractivity contribution < 1.29 is 14.6 Å². The van der Waals surface area contributed by atoms with E-state index in [-0.39, 0.29) is 12.1 Å². The van der Waals surface area contributed by atoms with Gasteiger partial charge in [-0.1, -0.05) is 6.07 Å². The molecule has 0 radical (unpaired) electrons. The molecule has 2 unspecified atom stereocenters. The molecule has 1 aromatic carbocycles. The fourth-order valence-electron chi connectivity index (χ4n) is 3.79. The second-order valence-electron chi connectivity index (χ2n) is 8.08. The number of aliphatic hydroxyl groups is 1. The number of ether oxygens (including phenoxy) is 1. The van der Waals surface area contributed by atoms with Gasteiger partial charge in [-0.3, -0.25) is 4.90 Å². The average Bonchev–Trinajstić information content (AvgIpc) is 2.60. The number of hydrogen-bond acceptors (Lipinski definition) is 5. The summed E-state index contributed by atoms with van der Waals surface area (Å²) in [5.74, 6) is 0. The molecule has 2 atom stereocenters. The summed E-state index contributed by atoms with van der Waals surface area (Å²) in [6.45, 7) is 8.10. The number of piperazine rings is 1. The molecule has 2 aliphatic rings. The molecule has 0 spiro atoms. The summed E-state index contributed by atoms with van der Waals surface area (Å²) in [5, 5.41) is 19.8.